The van der Waals surface area contributed by atoms with Crippen LogP contribution in [-0.2, 0) is 21.4 Å². The Morgan fingerprint density at radius 3 is 2.50 bits per heavy atom. The van der Waals surface area contributed by atoms with E-state index in [1.165, 1.54) is 3.97 Å². The Kier molecular flexibility index (Phi) is 4.07. The number of hydrogen-bond donors (Lipinski definition) is 0. The van der Waals surface area contributed by atoms with Gasteiger partial charge in [-0.05, 0) is 43.2 Å². The summed E-state index contributed by atoms with van der Waals surface area (Å²) in [5.41, 5.74) is 2.58. The zero-order valence-corrected chi connectivity index (χ0v) is 15.4. The standard InChI is InChI=1S/C20H20N2O3S/c1-15-4-8-18(9-5-15)26(24,25)22-12-10-17-7-6-16(13-19(17)22)14-21-11-2-3-20(21)23/h4-10,12-13H,2-3,11,14H2,1H3. The second-order valence-corrected chi connectivity index (χ2v) is 8.56. The summed E-state index contributed by atoms with van der Waals surface area (Å²) in [7, 11) is -3.66. The van der Waals surface area contributed by atoms with Crippen molar-refractivity contribution in [3.8, 4) is 0 Å². The SMILES string of the molecule is Cc1ccc(S(=O)(=O)n2ccc3ccc(CN4CCCC4=O)cc32)cc1. The normalized spacial score (nSPS) is 15.1. The summed E-state index contributed by atoms with van der Waals surface area (Å²) in [6, 6.07) is 14.4. The molecular formula is C20H20N2O3S. The first-order valence-electron chi connectivity index (χ1n) is 8.65. The Morgan fingerprint density at radius 2 is 1.81 bits per heavy atom. The molecule has 2 aromatic carbocycles. The van der Waals surface area contributed by atoms with Crippen LogP contribution in [-0.4, -0.2) is 29.7 Å². The van der Waals surface area contributed by atoms with Crippen molar-refractivity contribution in [2.45, 2.75) is 31.2 Å². The van der Waals surface area contributed by atoms with Gasteiger partial charge < -0.3 is 4.90 Å². The van der Waals surface area contributed by atoms with Crippen LogP contribution in [0.5, 0.6) is 0 Å². The van der Waals surface area contributed by atoms with Crippen LogP contribution in [0.1, 0.15) is 24.0 Å². The molecule has 0 atom stereocenters. The molecule has 1 fully saturated rings. The topological polar surface area (TPSA) is 59.4 Å². The monoisotopic (exact) mass is 368 g/mol. The first kappa shape index (κ1) is 16.8. The number of carbonyl (C=O) groups excluding carboxylic acids is 1. The maximum Gasteiger partial charge on any atom is 0.268 e. The Bertz CT molecular complexity index is 1080. The van der Waals surface area contributed by atoms with E-state index < -0.39 is 10.0 Å². The molecule has 0 N–H and O–H groups in total. The molecule has 5 nitrogen and oxygen atoms in total. The molecule has 134 valence electrons. The number of likely N-dealkylation sites (tertiary alicyclic amines) is 1. The van der Waals surface area contributed by atoms with Crippen LogP contribution in [0.15, 0.2) is 59.6 Å². The van der Waals surface area contributed by atoms with Gasteiger partial charge in [-0.25, -0.2) is 12.4 Å². The van der Waals surface area contributed by atoms with Crippen LogP contribution >= 0.6 is 0 Å². The third-order valence-corrected chi connectivity index (χ3v) is 6.55. The lowest BCUT2D eigenvalue weighted by atomic mass is 10.1. The number of benzene rings is 2. The van der Waals surface area contributed by atoms with Crippen LogP contribution in [0.3, 0.4) is 0 Å². The lowest BCUT2D eigenvalue weighted by molar-refractivity contribution is -0.128. The van der Waals surface area contributed by atoms with E-state index in [2.05, 4.69) is 0 Å². The molecule has 0 saturated carbocycles. The summed E-state index contributed by atoms with van der Waals surface area (Å²) >= 11 is 0. The van der Waals surface area contributed by atoms with E-state index in [4.69, 9.17) is 0 Å². The molecular weight excluding hydrogens is 348 g/mol. The summed E-state index contributed by atoms with van der Waals surface area (Å²) in [6.07, 6.45) is 3.07. The van der Waals surface area contributed by atoms with Gasteiger partial charge in [-0.1, -0.05) is 29.8 Å². The molecule has 0 unspecified atom stereocenters. The van der Waals surface area contributed by atoms with Gasteiger partial charge in [-0.2, -0.15) is 0 Å². The van der Waals surface area contributed by atoms with Crippen molar-refractivity contribution in [3.63, 3.8) is 0 Å². The molecule has 1 amide bonds. The van der Waals surface area contributed by atoms with Gasteiger partial charge in [0.2, 0.25) is 5.91 Å². The van der Waals surface area contributed by atoms with E-state index in [0.717, 1.165) is 29.5 Å². The Balaban J connectivity index is 1.74. The maximum atomic E-state index is 13.0. The first-order valence-corrected chi connectivity index (χ1v) is 10.1. The summed E-state index contributed by atoms with van der Waals surface area (Å²) in [5.74, 6) is 0.160. The van der Waals surface area contributed by atoms with Gasteiger partial charge in [0.1, 0.15) is 0 Å². The third kappa shape index (κ3) is 2.90. The van der Waals surface area contributed by atoms with E-state index >= 15 is 0 Å². The quantitative estimate of drug-likeness (QED) is 0.710. The molecule has 0 aliphatic carbocycles. The molecule has 1 saturated heterocycles. The molecule has 26 heavy (non-hydrogen) atoms. The molecule has 6 heteroatoms. The second kappa shape index (κ2) is 6.29. The number of aryl methyl sites for hydroxylation is 1. The predicted molar refractivity (Wildman–Crippen MR) is 100 cm³/mol. The van der Waals surface area contributed by atoms with E-state index in [0.29, 0.717) is 18.5 Å². The van der Waals surface area contributed by atoms with Crippen molar-refractivity contribution < 1.29 is 13.2 Å². The molecule has 1 aliphatic heterocycles. The lowest BCUT2D eigenvalue weighted by Crippen LogP contribution is -2.23. The van der Waals surface area contributed by atoms with Crippen LogP contribution in [0.25, 0.3) is 10.9 Å². The van der Waals surface area contributed by atoms with Crippen LogP contribution in [0.4, 0.5) is 0 Å². The summed E-state index contributed by atoms with van der Waals surface area (Å²) < 4.78 is 27.4. The molecule has 0 radical (unpaired) electrons. The smallest absolute Gasteiger partial charge is 0.268 e. The molecule has 0 bridgehead atoms. The van der Waals surface area contributed by atoms with Crippen molar-refractivity contribution >= 4 is 26.8 Å². The highest BCUT2D eigenvalue weighted by molar-refractivity contribution is 7.90. The number of fused-ring (bicyclic) bond motifs is 1. The summed E-state index contributed by atoms with van der Waals surface area (Å²) in [4.78, 5) is 13.9. The van der Waals surface area contributed by atoms with Gasteiger partial charge in [0.15, 0.2) is 0 Å². The van der Waals surface area contributed by atoms with Gasteiger partial charge >= 0.3 is 0 Å². The zero-order valence-electron chi connectivity index (χ0n) is 14.6. The average Bonchev–Trinajstić information content (AvgIpc) is 3.22. The van der Waals surface area contributed by atoms with E-state index in [9.17, 15) is 13.2 Å². The van der Waals surface area contributed by atoms with E-state index in [1.807, 2.05) is 30.0 Å². The summed E-state index contributed by atoms with van der Waals surface area (Å²) in [5, 5.41) is 0.859. The Hall–Kier alpha value is -2.60. The highest BCUT2D eigenvalue weighted by Crippen LogP contribution is 2.25. The minimum absolute atomic E-state index is 0.160. The molecule has 3 aromatic rings. The zero-order chi connectivity index (χ0) is 18.3. The van der Waals surface area contributed by atoms with Gasteiger partial charge in [0.05, 0.1) is 10.4 Å². The van der Waals surface area contributed by atoms with Crippen molar-refractivity contribution in [2.75, 3.05) is 6.54 Å². The molecule has 1 aromatic heterocycles. The van der Waals surface area contributed by atoms with E-state index in [-0.39, 0.29) is 10.8 Å². The highest BCUT2D eigenvalue weighted by Gasteiger charge is 2.22. The number of carbonyl (C=O) groups is 1. The van der Waals surface area contributed by atoms with Crippen LogP contribution < -0.4 is 0 Å². The number of aromatic nitrogens is 1. The van der Waals surface area contributed by atoms with Gasteiger partial charge in [0.25, 0.3) is 10.0 Å². The molecule has 4 rings (SSSR count). The molecule has 1 aliphatic rings. The largest absolute Gasteiger partial charge is 0.338 e. The maximum absolute atomic E-state index is 13.0. The minimum atomic E-state index is -3.66. The number of nitrogens with zero attached hydrogens (tertiary/aromatic N) is 2. The Labute approximate surface area is 152 Å². The van der Waals surface area contributed by atoms with Crippen LogP contribution in [0, 0.1) is 6.92 Å². The van der Waals surface area contributed by atoms with Crippen molar-refractivity contribution in [1.29, 1.82) is 0 Å². The molecule has 0 spiro atoms. The summed E-state index contributed by atoms with van der Waals surface area (Å²) in [6.45, 7) is 3.21. The molecule has 2 heterocycles. The van der Waals surface area contributed by atoms with Crippen molar-refractivity contribution in [1.82, 2.24) is 8.87 Å². The first-order chi connectivity index (χ1) is 12.4. The van der Waals surface area contributed by atoms with Crippen molar-refractivity contribution in [2.24, 2.45) is 0 Å². The Morgan fingerprint density at radius 1 is 1.04 bits per heavy atom. The van der Waals surface area contributed by atoms with E-state index in [1.54, 1.807) is 36.5 Å². The van der Waals surface area contributed by atoms with Gasteiger partial charge in [-0.15, -0.1) is 0 Å². The van der Waals surface area contributed by atoms with Crippen LogP contribution in [0.2, 0.25) is 0 Å². The van der Waals surface area contributed by atoms with Gasteiger partial charge in [-0.3, -0.25) is 4.79 Å². The third-order valence-electron chi connectivity index (χ3n) is 4.84. The van der Waals surface area contributed by atoms with Crippen molar-refractivity contribution in [3.05, 3.63) is 65.9 Å². The number of hydrogen-bond acceptors (Lipinski definition) is 3. The second-order valence-electron chi connectivity index (χ2n) is 6.74. The minimum Gasteiger partial charge on any atom is -0.338 e. The number of amides is 1. The number of rotatable bonds is 4. The highest BCUT2D eigenvalue weighted by atomic mass is 32.2. The average molecular weight is 368 g/mol. The van der Waals surface area contributed by atoms with Gasteiger partial charge in [0, 0.05) is 31.1 Å². The fraction of sp³-hybridized carbons (Fsp3) is 0.250. The predicted octanol–water partition coefficient (Wildman–Crippen LogP) is 3.31. The fourth-order valence-corrected chi connectivity index (χ4v) is 4.72. The fourth-order valence-electron chi connectivity index (χ4n) is 3.37. The lowest BCUT2D eigenvalue weighted by Gasteiger charge is -2.16.